The Morgan fingerprint density at radius 1 is 1.10 bits per heavy atom. The number of ether oxygens (including phenoxy) is 2. The quantitative estimate of drug-likeness (QED) is 0.658. The van der Waals surface area contributed by atoms with Gasteiger partial charge in [0.15, 0.2) is 0 Å². The van der Waals surface area contributed by atoms with Gasteiger partial charge in [0.1, 0.15) is 23.9 Å². The molecule has 1 N–H and O–H groups in total. The molecule has 0 saturated heterocycles. The van der Waals surface area contributed by atoms with Crippen LogP contribution < -0.4 is 14.8 Å². The van der Waals surface area contributed by atoms with Gasteiger partial charge in [-0.25, -0.2) is 4.39 Å². The third kappa shape index (κ3) is 4.62. The van der Waals surface area contributed by atoms with Gasteiger partial charge < -0.3 is 14.8 Å². The Bertz CT molecular complexity index is 1000. The highest BCUT2D eigenvalue weighted by atomic mass is 19.1. The fraction of sp³-hybridized carbons (Fsp3) is 0.240. The molecule has 1 heterocycles. The molecule has 1 amide bonds. The first-order valence-corrected chi connectivity index (χ1v) is 10.0. The number of nitrogens with one attached hydrogen (secondary N) is 1. The molecule has 0 aromatic heterocycles. The Morgan fingerprint density at radius 2 is 1.83 bits per heavy atom. The smallest absolute Gasteiger partial charge is 0.227 e. The molecule has 2 unspecified atom stereocenters. The number of amides is 1. The summed E-state index contributed by atoms with van der Waals surface area (Å²) in [6, 6.07) is 21.6. The van der Waals surface area contributed by atoms with Crippen molar-refractivity contribution in [1.82, 2.24) is 5.32 Å². The third-order valence-corrected chi connectivity index (χ3v) is 5.44. The van der Waals surface area contributed by atoms with Gasteiger partial charge in [0.05, 0.1) is 19.1 Å². The summed E-state index contributed by atoms with van der Waals surface area (Å²) >= 11 is 0. The monoisotopic (exact) mass is 405 g/mol. The lowest BCUT2D eigenvalue weighted by molar-refractivity contribution is -0.127. The average Bonchev–Trinajstić information content (AvgIpc) is 2.79. The van der Waals surface area contributed by atoms with Crippen LogP contribution in [0.5, 0.6) is 11.5 Å². The van der Waals surface area contributed by atoms with E-state index < -0.39 is 0 Å². The summed E-state index contributed by atoms with van der Waals surface area (Å²) in [5.41, 5.74) is 2.96. The molecular weight excluding hydrogens is 381 g/mol. The largest absolute Gasteiger partial charge is 0.497 e. The van der Waals surface area contributed by atoms with Crippen molar-refractivity contribution >= 4 is 5.91 Å². The summed E-state index contributed by atoms with van der Waals surface area (Å²) in [7, 11) is 1.62. The maximum atomic E-state index is 13.3. The number of rotatable bonds is 6. The van der Waals surface area contributed by atoms with E-state index in [9.17, 15) is 9.18 Å². The summed E-state index contributed by atoms with van der Waals surface area (Å²) < 4.78 is 24.3. The van der Waals surface area contributed by atoms with Gasteiger partial charge in [-0.15, -0.1) is 0 Å². The fourth-order valence-corrected chi connectivity index (χ4v) is 3.73. The van der Waals surface area contributed by atoms with Crippen LogP contribution in [0.4, 0.5) is 4.39 Å². The Balaban J connectivity index is 1.52. The van der Waals surface area contributed by atoms with E-state index in [0.717, 1.165) is 28.2 Å². The van der Waals surface area contributed by atoms with Gasteiger partial charge in [-0.2, -0.15) is 0 Å². The van der Waals surface area contributed by atoms with E-state index in [1.165, 1.54) is 12.1 Å². The lowest BCUT2D eigenvalue weighted by atomic mass is 9.94. The van der Waals surface area contributed by atoms with Gasteiger partial charge in [0.25, 0.3) is 0 Å². The SMILES string of the molecule is COc1ccc(C(Cc2ccc(F)cc2)NC(=O)C2COc3ccccc3C2)cc1. The lowest BCUT2D eigenvalue weighted by Crippen LogP contribution is -2.39. The highest BCUT2D eigenvalue weighted by Crippen LogP contribution is 2.28. The normalized spacial score (nSPS) is 16.1. The molecule has 2 atom stereocenters. The topological polar surface area (TPSA) is 47.6 Å². The second kappa shape index (κ2) is 8.99. The van der Waals surface area contributed by atoms with E-state index in [1.807, 2.05) is 48.5 Å². The van der Waals surface area contributed by atoms with Gasteiger partial charge in [0, 0.05) is 0 Å². The number of hydrogen-bond donors (Lipinski definition) is 1. The zero-order valence-corrected chi connectivity index (χ0v) is 16.8. The Hall–Kier alpha value is -3.34. The molecule has 1 aliphatic rings. The van der Waals surface area contributed by atoms with Crippen LogP contribution >= 0.6 is 0 Å². The molecule has 1 aliphatic heterocycles. The lowest BCUT2D eigenvalue weighted by Gasteiger charge is -2.27. The first-order valence-electron chi connectivity index (χ1n) is 10.0. The van der Waals surface area contributed by atoms with E-state index in [1.54, 1.807) is 19.2 Å². The third-order valence-electron chi connectivity index (χ3n) is 5.44. The van der Waals surface area contributed by atoms with Gasteiger partial charge in [-0.05, 0) is 59.9 Å². The molecule has 0 saturated carbocycles. The van der Waals surface area contributed by atoms with Crippen molar-refractivity contribution in [3.05, 3.63) is 95.3 Å². The molecule has 0 aliphatic carbocycles. The summed E-state index contributed by atoms with van der Waals surface area (Å²) in [6.45, 7) is 0.356. The van der Waals surface area contributed by atoms with Crippen molar-refractivity contribution in [2.45, 2.75) is 18.9 Å². The number of carbonyl (C=O) groups is 1. The molecule has 0 spiro atoms. The summed E-state index contributed by atoms with van der Waals surface area (Å²) in [4.78, 5) is 13.1. The number of hydrogen-bond acceptors (Lipinski definition) is 3. The van der Waals surface area contributed by atoms with Crippen LogP contribution in [0.25, 0.3) is 0 Å². The molecule has 5 heteroatoms. The van der Waals surface area contributed by atoms with E-state index in [-0.39, 0.29) is 23.7 Å². The Labute approximate surface area is 175 Å². The summed E-state index contributed by atoms with van der Waals surface area (Å²) in [5.74, 6) is 1.02. The summed E-state index contributed by atoms with van der Waals surface area (Å²) in [5, 5.41) is 3.18. The predicted molar refractivity (Wildman–Crippen MR) is 113 cm³/mol. The molecule has 4 rings (SSSR count). The maximum Gasteiger partial charge on any atom is 0.227 e. The number of para-hydroxylation sites is 1. The van der Waals surface area contributed by atoms with Crippen molar-refractivity contribution in [2.75, 3.05) is 13.7 Å². The molecule has 3 aromatic carbocycles. The second-order valence-electron chi connectivity index (χ2n) is 7.48. The molecule has 30 heavy (non-hydrogen) atoms. The first kappa shape index (κ1) is 20.0. The van der Waals surface area contributed by atoms with Gasteiger partial charge in [0.2, 0.25) is 5.91 Å². The molecule has 4 nitrogen and oxygen atoms in total. The zero-order valence-electron chi connectivity index (χ0n) is 16.8. The maximum absolute atomic E-state index is 13.3. The van der Waals surface area contributed by atoms with E-state index >= 15 is 0 Å². The molecular formula is C25H24FNO3. The zero-order chi connectivity index (χ0) is 20.9. The second-order valence-corrected chi connectivity index (χ2v) is 7.48. The van der Waals surface area contributed by atoms with Crippen LogP contribution in [0, 0.1) is 11.7 Å². The van der Waals surface area contributed by atoms with Crippen molar-refractivity contribution < 1.29 is 18.7 Å². The number of benzene rings is 3. The summed E-state index contributed by atoms with van der Waals surface area (Å²) in [6.07, 6.45) is 1.20. The minimum absolute atomic E-state index is 0.0487. The fourth-order valence-electron chi connectivity index (χ4n) is 3.73. The van der Waals surface area contributed by atoms with Crippen LogP contribution in [0.15, 0.2) is 72.8 Å². The first-order chi connectivity index (χ1) is 14.6. The van der Waals surface area contributed by atoms with Crippen molar-refractivity contribution in [1.29, 1.82) is 0 Å². The molecule has 0 fully saturated rings. The molecule has 0 bridgehead atoms. The standard InChI is InChI=1S/C25H24FNO3/c1-29-22-12-8-18(9-13-22)23(14-17-6-10-21(26)11-7-17)27-25(28)20-15-19-4-2-3-5-24(19)30-16-20/h2-13,20,23H,14-16H2,1H3,(H,27,28). The number of halogens is 1. The molecule has 154 valence electrons. The van der Waals surface area contributed by atoms with Gasteiger partial charge >= 0.3 is 0 Å². The van der Waals surface area contributed by atoms with E-state index in [4.69, 9.17) is 9.47 Å². The number of methoxy groups -OCH3 is 1. The predicted octanol–water partition coefficient (Wildman–Crippen LogP) is 4.49. The van der Waals surface area contributed by atoms with Crippen LogP contribution in [0.1, 0.15) is 22.7 Å². The van der Waals surface area contributed by atoms with Gasteiger partial charge in [-0.1, -0.05) is 42.5 Å². The minimum atomic E-state index is -0.276. The molecule has 3 aromatic rings. The van der Waals surface area contributed by atoms with E-state index in [2.05, 4.69) is 5.32 Å². The number of fused-ring (bicyclic) bond motifs is 1. The molecule has 0 radical (unpaired) electrons. The average molecular weight is 405 g/mol. The van der Waals surface area contributed by atoms with E-state index in [0.29, 0.717) is 19.4 Å². The highest BCUT2D eigenvalue weighted by Gasteiger charge is 2.28. The van der Waals surface area contributed by atoms with Crippen molar-refractivity contribution in [3.8, 4) is 11.5 Å². The minimum Gasteiger partial charge on any atom is -0.497 e. The van der Waals surface area contributed by atoms with Crippen LogP contribution in [-0.2, 0) is 17.6 Å². The van der Waals surface area contributed by atoms with Crippen molar-refractivity contribution in [2.24, 2.45) is 5.92 Å². The van der Waals surface area contributed by atoms with Crippen LogP contribution in [-0.4, -0.2) is 19.6 Å². The van der Waals surface area contributed by atoms with Crippen LogP contribution in [0.2, 0.25) is 0 Å². The van der Waals surface area contributed by atoms with Crippen LogP contribution in [0.3, 0.4) is 0 Å². The van der Waals surface area contributed by atoms with Crippen molar-refractivity contribution in [3.63, 3.8) is 0 Å². The Kier molecular flexibility index (Phi) is 5.98. The number of carbonyl (C=O) groups excluding carboxylic acids is 1. The highest BCUT2D eigenvalue weighted by molar-refractivity contribution is 5.80. The Morgan fingerprint density at radius 3 is 2.57 bits per heavy atom. The van der Waals surface area contributed by atoms with Gasteiger partial charge in [-0.3, -0.25) is 4.79 Å².